The van der Waals surface area contributed by atoms with Crippen molar-refractivity contribution < 1.29 is 8.96 Å². The number of hydrogen-bond acceptors (Lipinski definition) is 1. The van der Waals surface area contributed by atoms with Crippen LogP contribution < -0.4 is 0 Å². The molecule has 0 aromatic rings. The number of halogens is 2. The van der Waals surface area contributed by atoms with Crippen LogP contribution >= 0.6 is 0 Å². The van der Waals surface area contributed by atoms with Crippen molar-refractivity contribution in [3.8, 4) is 0 Å². The Labute approximate surface area is 40.8 Å². The van der Waals surface area contributed by atoms with Gasteiger partial charge in [0.15, 0.2) is 0 Å². The van der Waals surface area contributed by atoms with E-state index >= 15 is 0 Å². The highest BCUT2D eigenvalue weighted by molar-refractivity contribution is 4.71. The average molecular weight is 107 g/mol. The predicted octanol–water partition coefficient (Wildman–Crippen LogP) is 1.61. The second kappa shape index (κ2) is 1.74. The van der Waals surface area contributed by atoms with Gasteiger partial charge in [-0.05, 0) is 19.3 Å². The third-order valence-electron chi connectivity index (χ3n) is 1.35. The van der Waals surface area contributed by atoms with Gasteiger partial charge in [-0.2, -0.15) is 0 Å². The summed E-state index contributed by atoms with van der Waals surface area (Å²) >= 11 is 0. The molecule has 0 atom stereocenters. The Balaban J connectivity index is 2.14. The normalized spacial score (nSPS) is 22.7. The summed E-state index contributed by atoms with van der Waals surface area (Å²) in [6.45, 7) is 0. The van der Waals surface area contributed by atoms with Gasteiger partial charge in [0.25, 0.3) is 0 Å². The van der Waals surface area contributed by atoms with Gasteiger partial charge in [0.2, 0.25) is 0 Å². The molecular weight excluding hydrogens is 100 g/mol. The molecule has 0 heterocycles. The first kappa shape index (κ1) is 4.97. The van der Waals surface area contributed by atoms with Crippen molar-refractivity contribution in [3.05, 3.63) is 0 Å². The van der Waals surface area contributed by atoms with E-state index in [2.05, 4.69) is 0 Å². The van der Waals surface area contributed by atoms with Gasteiger partial charge in [-0.1, -0.05) is 0 Å². The van der Waals surface area contributed by atoms with Gasteiger partial charge in [0.05, 0.1) is 6.04 Å². The zero-order valence-corrected chi connectivity index (χ0v) is 3.90. The van der Waals surface area contributed by atoms with E-state index in [1.807, 2.05) is 0 Å². The quantitative estimate of drug-likeness (QED) is 0.460. The molecule has 0 aliphatic heterocycles. The Morgan fingerprint density at radius 3 is 1.86 bits per heavy atom. The summed E-state index contributed by atoms with van der Waals surface area (Å²) in [4.78, 5) is 0. The largest absolute Gasteiger partial charge is 0.101 e. The molecule has 0 aromatic carbocycles. The highest BCUT2D eigenvalue weighted by Gasteiger charge is 2.24. The van der Waals surface area contributed by atoms with Crippen LogP contribution in [0.1, 0.15) is 19.3 Å². The van der Waals surface area contributed by atoms with Crippen molar-refractivity contribution in [2.24, 2.45) is 0 Å². The lowest BCUT2D eigenvalue weighted by Crippen LogP contribution is -2.28. The van der Waals surface area contributed by atoms with E-state index in [1.165, 1.54) is 0 Å². The average Bonchev–Trinajstić information content (AvgIpc) is 1.23. The Hall–Kier alpha value is -0.180. The maximum atomic E-state index is 11.3. The minimum Gasteiger partial charge on any atom is -0.101 e. The smallest absolute Gasteiger partial charge is 0.0730 e. The summed E-state index contributed by atoms with van der Waals surface area (Å²) < 4.78 is 22.6. The van der Waals surface area contributed by atoms with Gasteiger partial charge in [0.1, 0.15) is 0 Å². The first-order chi connectivity index (χ1) is 3.30. The van der Waals surface area contributed by atoms with Crippen LogP contribution in [0.15, 0.2) is 0 Å². The Morgan fingerprint density at radius 1 is 1.29 bits per heavy atom. The molecule has 0 amide bonds. The molecule has 3 heteroatoms. The van der Waals surface area contributed by atoms with Crippen LogP contribution in [-0.2, 0) is 0 Å². The van der Waals surface area contributed by atoms with E-state index in [0.29, 0.717) is 12.8 Å². The third-order valence-corrected chi connectivity index (χ3v) is 1.35. The van der Waals surface area contributed by atoms with Crippen LogP contribution in [0.4, 0.5) is 8.96 Å². The van der Waals surface area contributed by atoms with Gasteiger partial charge in [-0.15, -0.1) is 8.96 Å². The molecule has 0 spiro atoms. The van der Waals surface area contributed by atoms with Crippen molar-refractivity contribution in [1.82, 2.24) is 5.34 Å². The molecule has 1 saturated carbocycles. The Kier molecular flexibility index (Phi) is 1.23. The van der Waals surface area contributed by atoms with Crippen LogP contribution in [0.5, 0.6) is 0 Å². The third kappa shape index (κ3) is 0.881. The molecule has 0 unspecified atom stereocenters. The van der Waals surface area contributed by atoms with Crippen LogP contribution in [0.3, 0.4) is 0 Å². The minimum absolute atomic E-state index is 0.417. The molecule has 1 aliphatic rings. The van der Waals surface area contributed by atoms with Gasteiger partial charge >= 0.3 is 0 Å². The second-order valence-electron chi connectivity index (χ2n) is 1.84. The van der Waals surface area contributed by atoms with E-state index in [-0.39, 0.29) is 0 Å². The molecule has 0 bridgehead atoms. The van der Waals surface area contributed by atoms with E-state index < -0.39 is 11.4 Å². The van der Waals surface area contributed by atoms with Crippen molar-refractivity contribution in [2.75, 3.05) is 0 Å². The lowest BCUT2D eigenvalue weighted by atomic mass is 9.94. The minimum atomic E-state index is -0.691. The number of hydrogen-bond donors (Lipinski definition) is 0. The van der Waals surface area contributed by atoms with Crippen molar-refractivity contribution in [3.63, 3.8) is 0 Å². The van der Waals surface area contributed by atoms with E-state index in [0.717, 1.165) is 6.42 Å². The zero-order chi connectivity index (χ0) is 5.28. The molecule has 0 saturated heterocycles. The maximum absolute atomic E-state index is 11.3. The van der Waals surface area contributed by atoms with Crippen LogP contribution in [0.25, 0.3) is 0 Å². The summed E-state index contributed by atoms with van der Waals surface area (Å²) in [6.07, 6.45) is 2.31. The molecule has 7 heavy (non-hydrogen) atoms. The topological polar surface area (TPSA) is 3.24 Å². The molecule has 0 aromatic heterocycles. The molecule has 1 aliphatic carbocycles. The molecule has 1 fully saturated rings. The SMILES string of the molecule is FN(F)C1CCC1. The van der Waals surface area contributed by atoms with Crippen molar-refractivity contribution in [2.45, 2.75) is 25.3 Å². The van der Waals surface area contributed by atoms with Crippen LogP contribution in [0.2, 0.25) is 0 Å². The Morgan fingerprint density at radius 2 is 1.86 bits per heavy atom. The highest BCUT2D eigenvalue weighted by atomic mass is 19.4. The molecule has 42 valence electrons. The monoisotopic (exact) mass is 107 g/mol. The standard InChI is InChI=1S/C4H7F2N/c5-7(6)4-2-1-3-4/h4H,1-3H2. The summed E-state index contributed by atoms with van der Waals surface area (Å²) in [5.41, 5.74) is 0. The van der Waals surface area contributed by atoms with E-state index in [1.54, 1.807) is 0 Å². The summed E-state index contributed by atoms with van der Waals surface area (Å²) in [6, 6.07) is -0.417. The summed E-state index contributed by atoms with van der Waals surface area (Å²) in [7, 11) is 0. The van der Waals surface area contributed by atoms with E-state index in [9.17, 15) is 8.96 Å². The number of nitrogens with zero attached hydrogens (tertiary/aromatic N) is 1. The summed E-state index contributed by atoms with van der Waals surface area (Å²) in [5, 5.41) is -0.691. The lowest BCUT2D eigenvalue weighted by molar-refractivity contribution is -0.204. The van der Waals surface area contributed by atoms with E-state index in [4.69, 9.17) is 0 Å². The second-order valence-corrected chi connectivity index (χ2v) is 1.84. The van der Waals surface area contributed by atoms with Gasteiger partial charge in [-0.25, -0.2) is 0 Å². The zero-order valence-electron chi connectivity index (χ0n) is 3.90. The summed E-state index contributed by atoms with van der Waals surface area (Å²) in [5.74, 6) is 0. The van der Waals surface area contributed by atoms with Crippen molar-refractivity contribution in [1.29, 1.82) is 0 Å². The molecule has 1 rings (SSSR count). The molecule has 0 N–H and O–H groups in total. The highest BCUT2D eigenvalue weighted by Crippen LogP contribution is 2.24. The maximum Gasteiger partial charge on any atom is 0.0730 e. The Bertz CT molecular complexity index is 60.7. The fourth-order valence-electron chi connectivity index (χ4n) is 0.582. The van der Waals surface area contributed by atoms with Gasteiger partial charge in [-0.3, -0.25) is 0 Å². The predicted molar refractivity (Wildman–Crippen MR) is 21.7 cm³/mol. The van der Waals surface area contributed by atoms with Gasteiger partial charge < -0.3 is 0 Å². The molecular formula is C4H7F2N. The lowest BCUT2D eigenvalue weighted by Gasteiger charge is -2.23. The van der Waals surface area contributed by atoms with Crippen LogP contribution in [0, 0.1) is 0 Å². The first-order valence-electron chi connectivity index (χ1n) is 2.41. The molecule has 1 nitrogen and oxygen atoms in total. The van der Waals surface area contributed by atoms with Crippen molar-refractivity contribution >= 4 is 0 Å². The van der Waals surface area contributed by atoms with Crippen LogP contribution in [-0.4, -0.2) is 11.4 Å². The molecule has 0 radical (unpaired) electrons. The number of rotatable bonds is 1. The fraction of sp³-hybridized carbons (Fsp3) is 1.00. The van der Waals surface area contributed by atoms with Gasteiger partial charge in [0, 0.05) is 5.34 Å². The fourth-order valence-corrected chi connectivity index (χ4v) is 0.582. The first-order valence-corrected chi connectivity index (χ1v) is 2.41.